The maximum atomic E-state index is 11.8. The zero-order valence-corrected chi connectivity index (χ0v) is 9.88. The van der Waals surface area contributed by atoms with Crippen molar-refractivity contribution in [1.82, 2.24) is 10.2 Å². The number of aromatic carboxylic acids is 1. The number of hydrogen-bond acceptors (Lipinski definition) is 5. The van der Waals surface area contributed by atoms with Crippen molar-refractivity contribution in [3.63, 3.8) is 0 Å². The normalized spacial score (nSPS) is 11.3. The summed E-state index contributed by atoms with van der Waals surface area (Å²) in [5.74, 6) is -0.939. The Hall–Kier alpha value is -1.87. The lowest BCUT2D eigenvalue weighted by atomic mass is 10.5. The van der Waals surface area contributed by atoms with Crippen LogP contribution >= 0.6 is 11.3 Å². The zero-order valence-electron chi connectivity index (χ0n) is 8.25. The molecule has 7 nitrogen and oxygen atoms in total. The van der Waals surface area contributed by atoms with E-state index in [9.17, 15) is 13.2 Å². The Labute approximate surface area is 100 Å². The third-order valence-electron chi connectivity index (χ3n) is 1.84. The number of carboxylic acids is 1. The Morgan fingerprint density at radius 1 is 1.53 bits per heavy atom. The summed E-state index contributed by atoms with van der Waals surface area (Å²) in [7, 11) is -3.77. The molecular formula is C8H7N3O4S2. The topological polar surface area (TPSA) is 112 Å². The molecule has 0 saturated carbocycles. The number of H-pyrrole nitrogens is 1. The van der Waals surface area contributed by atoms with E-state index < -0.39 is 16.0 Å². The van der Waals surface area contributed by atoms with Crippen LogP contribution in [-0.2, 0) is 10.0 Å². The number of nitrogens with one attached hydrogen (secondary N) is 2. The second-order valence-corrected chi connectivity index (χ2v) is 5.62. The predicted molar refractivity (Wildman–Crippen MR) is 60.7 cm³/mol. The highest BCUT2D eigenvalue weighted by molar-refractivity contribution is 7.92. The van der Waals surface area contributed by atoms with Crippen LogP contribution in [0, 0.1) is 0 Å². The van der Waals surface area contributed by atoms with Crippen LogP contribution < -0.4 is 4.72 Å². The van der Waals surface area contributed by atoms with Crippen molar-refractivity contribution in [2.75, 3.05) is 4.72 Å². The fraction of sp³-hybridized carbons (Fsp3) is 0. The van der Waals surface area contributed by atoms with Crippen molar-refractivity contribution in [3.8, 4) is 0 Å². The Kier molecular flexibility index (Phi) is 2.86. The SMILES string of the molecule is O=C(O)c1cc(S(=O)(=O)Nc2ccn[nH]2)cs1. The highest BCUT2D eigenvalue weighted by atomic mass is 32.2. The fourth-order valence-electron chi connectivity index (χ4n) is 1.09. The van der Waals surface area contributed by atoms with Crippen molar-refractivity contribution in [1.29, 1.82) is 0 Å². The van der Waals surface area contributed by atoms with Gasteiger partial charge in [-0.05, 0) is 6.07 Å². The molecule has 0 atom stereocenters. The molecule has 0 bridgehead atoms. The van der Waals surface area contributed by atoms with E-state index >= 15 is 0 Å². The second kappa shape index (κ2) is 4.18. The van der Waals surface area contributed by atoms with E-state index in [1.165, 1.54) is 17.6 Å². The van der Waals surface area contributed by atoms with Crippen molar-refractivity contribution in [3.05, 3.63) is 28.6 Å². The van der Waals surface area contributed by atoms with Crippen molar-refractivity contribution in [2.45, 2.75) is 4.90 Å². The van der Waals surface area contributed by atoms with E-state index in [2.05, 4.69) is 14.9 Å². The van der Waals surface area contributed by atoms with Crippen LogP contribution in [0.15, 0.2) is 28.6 Å². The van der Waals surface area contributed by atoms with Crippen LogP contribution in [0.3, 0.4) is 0 Å². The number of aromatic nitrogens is 2. The molecule has 0 aliphatic rings. The highest BCUT2D eigenvalue weighted by Crippen LogP contribution is 2.21. The minimum Gasteiger partial charge on any atom is -0.477 e. The number of aromatic amines is 1. The van der Waals surface area contributed by atoms with E-state index in [4.69, 9.17) is 5.11 Å². The summed E-state index contributed by atoms with van der Waals surface area (Å²) >= 11 is 0.853. The van der Waals surface area contributed by atoms with Gasteiger partial charge in [0, 0.05) is 11.4 Å². The predicted octanol–water partition coefficient (Wildman–Crippen LogP) is 0.970. The van der Waals surface area contributed by atoms with Gasteiger partial charge >= 0.3 is 5.97 Å². The first kappa shape index (κ1) is 11.6. The van der Waals surface area contributed by atoms with E-state index in [0.717, 1.165) is 17.4 Å². The molecule has 9 heteroatoms. The number of carboxylic acid groups (broad SMARTS) is 1. The van der Waals surface area contributed by atoms with Gasteiger partial charge in [0.15, 0.2) is 0 Å². The third kappa shape index (κ3) is 2.45. The lowest BCUT2D eigenvalue weighted by Gasteiger charge is -2.02. The summed E-state index contributed by atoms with van der Waals surface area (Å²) in [6.45, 7) is 0. The van der Waals surface area contributed by atoms with Gasteiger partial charge in [-0.1, -0.05) is 0 Å². The van der Waals surface area contributed by atoms with E-state index in [0.29, 0.717) is 0 Å². The van der Waals surface area contributed by atoms with Crippen LogP contribution in [0.1, 0.15) is 9.67 Å². The third-order valence-corrected chi connectivity index (χ3v) is 4.25. The maximum absolute atomic E-state index is 11.8. The largest absolute Gasteiger partial charge is 0.477 e. The van der Waals surface area contributed by atoms with Gasteiger partial charge in [-0.2, -0.15) is 5.10 Å². The molecule has 17 heavy (non-hydrogen) atoms. The van der Waals surface area contributed by atoms with Gasteiger partial charge in [-0.15, -0.1) is 11.3 Å². The molecule has 2 aromatic rings. The number of nitrogens with zero attached hydrogens (tertiary/aromatic N) is 1. The van der Waals surface area contributed by atoms with Gasteiger partial charge in [0.05, 0.1) is 11.1 Å². The van der Waals surface area contributed by atoms with E-state index in [-0.39, 0.29) is 15.6 Å². The van der Waals surface area contributed by atoms with E-state index in [1.54, 1.807) is 0 Å². The minimum absolute atomic E-state index is 0.0324. The Morgan fingerprint density at radius 2 is 2.29 bits per heavy atom. The molecule has 3 N–H and O–H groups in total. The number of sulfonamides is 1. The smallest absolute Gasteiger partial charge is 0.345 e. The summed E-state index contributed by atoms with van der Waals surface area (Å²) in [6.07, 6.45) is 1.40. The quantitative estimate of drug-likeness (QED) is 0.768. The van der Waals surface area contributed by atoms with Gasteiger partial charge < -0.3 is 5.11 Å². The molecule has 0 saturated heterocycles. The zero-order chi connectivity index (χ0) is 12.5. The van der Waals surface area contributed by atoms with Crippen LogP contribution in [-0.4, -0.2) is 29.7 Å². The second-order valence-electron chi connectivity index (χ2n) is 3.03. The van der Waals surface area contributed by atoms with E-state index in [1.807, 2.05) is 0 Å². The average Bonchev–Trinajstić information content (AvgIpc) is 2.84. The number of hydrogen-bond donors (Lipinski definition) is 3. The van der Waals surface area contributed by atoms with Crippen LogP contribution in [0.4, 0.5) is 5.82 Å². The minimum atomic E-state index is -3.77. The first-order chi connectivity index (χ1) is 7.99. The van der Waals surface area contributed by atoms with Crippen LogP contribution in [0.5, 0.6) is 0 Å². The summed E-state index contributed by atoms with van der Waals surface area (Å²) in [4.78, 5) is 10.5. The molecule has 0 aromatic carbocycles. The Bertz CT molecular complexity index is 630. The van der Waals surface area contributed by atoms with Gasteiger partial charge in [0.25, 0.3) is 10.0 Å². The fourth-order valence-corrected chi connectivity index (χ4v) is 3.21. The van der Waals surface area contributed by atoms with Gasteiger partial charge in [-0.3, -0.25) is 9.82 Å². The molecule has 0 fully saturated rings. The molecular weight excluding hydrogens is 266 g/mol. The summed E-state index contributed by atoms with van der Waals surface area (Å²) in [6, 6.07) is 2.55. The average molecular weight is 273 g/mol. The van der Waals surface area contributed by atoms with Gasteiger partial charge in [-0.25, -0.2) is 13.2 Å². The first-order valence-corrected chi connectivity index (χ1v) is 6.69. The maximum Gasteiger partial charge on any atom is 0.345 e. The molecule has 0 unspecified atom stereocenters. The molecule has 0 aliphatic heterocycles. The molecule has 0 amide bonds. The molecule has 2 heterocycles. The van der Waals surface area contributed by atoms with Crippen molar-refractivity contribution < 1.29 is 18.3 Å². The number of carbonyl (C=O) groups is 1. The van der Waals surface area contributed by atoms with Crippen LogP contribution in [0.25, 0.3) is 0 Å². The van der Waals surface area contributed by atoms with Gasteiger partial charge in [0.1, 0.15) is 10.7 Å². The standard InChI is InChI=1S/C8H7N3O4S2/c12-8(13)6-3-5(4-16-6)17(14,15)11-7-1-2-9-10-7/h1-4H,(H,12,13)(H2,9,10,11). The first-order valence-electron chi connectivity index (χ1n) is 4.33. The summed E-state index contributed by atoms with van der Waals surface area (Å²) < 4.78 is 25.8. The Balaban J connectivity index is 2.28. The van der Waals surface area contributed by atoms with Crippen LogP contribution in [0.2, 0.25) is 0 Å². The molecule has 0 aliphatic carbocycles. The highest BCUT2D eigenvalue weighted by Gasteiger charge is 2.18. The molecule has 90 valence electrons. The lowest BCUT2D eigenvalue weighted by Crippen LogP contribution is -2.12. The van der Waals surface area contributed by atoms with Gasteiger partial charge in [0.2, 0.25) is 0 Å². The number of rotatable bonds is 4. The molecule has 0 radical (unpaired) electrons. The molecule has 0 spiro atoms. The number of anilines is 1. The summed E-state index contributed by atoms with van der Waals surface area (Å²) in [5, 5.41) is 16.0. The monoisotopic (exact) mass is 273 g/mol. The molecule has 2 aromatic heterocycles. The number of thiophene rings is 1. The van der Waals surface area contributed by atoms with Crippen molar-refractivity contribution in [2.24, 2.45) is 0 Å². The summed E-state index contributed by atoms with van der Waals surface area (Å²) in [5.41, 5.74) is 0. The molecule has 2 rings (SSSR count). The lowest BCUT2D eigenvalue weighted by molar-refractivity contribution is 0.0702. The Morgan fingerprint density at radius 3 is 2.82 bits per heavy atom. The van der Waals surface area contributed by atoms with Crippen molar-refractivity contribution >= 4 is 33.1 Å².